The molecule has 0 aromatic carbocycles. The lowest BCUT2D eigenvalue weighted by atomic mass is 9.77. The molecule has 0 radical (unpaired) electrons. The van der Waals surface area contributed by atoms with Crippen molar-refractivity contribution in [1.82, 2.24) is 5.32 Å². The fourth-order valence-electron chi connectivity index (χ4n) is 3.84. The molecule has 2 aliphatic rings. The van der Waals surface area contributed by atoms with E-state index in [0.717, 1.165) is 32.3 Å². The second kappa shape index (κ2) is 6.08. The van der Waals surface area contributed by atoms with Crippen LogP contribution < -0.4 is 11.1 Å². The van der Waals surface area contributed by atoms with Gasteiger partial charge in [0, 0.05) is 31.3 Å². The monoisotopic (exact) mass is 270 g/mol. The fraction of sp³-hybridized carbons (Fsp3) is 1.00. The van der Waals surface area contributed by atoms with Crippen molar-refractivity contribution >= 4 is 0 Å². The minimum Gasteiger partial charge on any atom is -0.396 e. The highest BCUT2D eigenvalue weighted by Gasteiger charge is 2.42. The molecule has 3 atom stereocenters. The molecule has 1 aliphatic heterocycles. The van der Waals surface area contributed by atoms with Gasteiger partial charge in [-0.3, -0.25) is 0 Å². The van der Waals surface area contributed by atoms with Gasteiger partial charge in [-0.25, -0.2) is 0 Å². The molecule has 112 valence electrons. The van der Waals surface area contributed by atoms with Gasteiger partial charge in [0.05, 0.1) is 5.60 Å². The maximum absolute atomic E-state index is 9.55. The van der Waals surface area contributed by atoms with Crippen LogP contribution in [-0.4, -0.2) is 42.0 Å². The van der Waals surface area contributed by atoms with Crippen molar-refractivity contribution in [2.45, 2.75) is 69.6 Å². The van der Waals surface area contributed by atoms with Crippen molar-refractivity contribution in [2.24, 2.45) is 11.7 Å². The molecule has 19 heavy (non-hydrogen) atoms. The Morgan fingerprint density at radius 1 is 1.32 bits per heavy atom. The van der Waals surface area contributed by atoms with Gasteiger partial charge >= 0.3 is 0 Å². The van der Waals surface area contributed by atoms with Gasteiger partial charge in [-0.15, -0.1) is 0 Å². The zero-order valence-electron chi connectivity index (χ0n) is 12.5. The Bertz CT molecular complexity index is 296. The first-order valence-electron chi connectivity index (χ1n) is 7.73. The molecule has 2 fully saturated rings. The first-order chi connectivity index (χ1) is 9.00. The molecule has 0 bridgehead atoms. The van der Waals surface area contributed by atoms with Gasteiger partial charge in [0.2, 0.25) is 0 Å². The standard InChI is InChI=1S/C15H30N2O2/c1-14(2)10-15(11-16,7-8-19-14)17-13-6-4-3-5-12(13)9-18/h12-13,17-18H,3-11,16H2,1-2H3. The van der Waals surface area contributed by atoms with Crippen molar-refractivity contribution in [2.75, 3.05) is 19.8 Å². The molecule has 1 aliphatic carbocycles. The molecule has 4 heteroatoms. The molecule has 3 unspecified atom stereocenters. The van der Waals surface area contributed by atoms with Gasteiger partial charge in [-0.1, -0.05) is 12.8 Å². The lowest BCUT2D eigenvalue weighted by Gasteiger charge is -2.48. The van der Waals surface area contributed by atoms with Crippen LogP contribution in [0.4, 0.5) is 0 Å². The highest BCUT2D eigenvalue weighted by atomic mass is 16.5. The molecule has 0 aromatic heterocycles. The fourth-order valence-corrected chi connectivity index (χ4v) is 3.84. The maximum atomic E-state index is 9.55. The summed E-state index contributed by atoms with van der Waals surface area (Å²) in [6, 6.07) is 0.413. The summed E-state index contributed by atoms with van der Waals surface area (Å²) in [5.41, 5.74) is 5.96. The number of nitrogens with one attached hydrogen (secondary N) is 1. The summed E-state index contributed by atoms with van der Waals surface area (Å²) in [6.45, 7) is 5.99. The summed E-state index contributed by atoms with van der Waals surface area (Å²) in [5, 5.41) is 13.4. The van der Waals surface area contributed by atoms with E-state index in [1.54, 1.807) is 0 Å². The minimum absolute atomic E-state index is 0.0167. The van der Waals surface area contributed by atoms with Crippen LogP contribution in [0.3, 0.4) is 0 Å². The Morgan fingerprint density at radius 2 is 2.05 bits per heavy atom. The number of hydrogen-bond donors (Lipinski definition) is 3. The van der Waals surface area contributed by atoms with Crippen molar-refractivity contribution < 1.29 is 9.84 Å². The first-order valence-corrected chi connectivity index (χ1v) is 7.73. The lowest BCUT2D eigenvalue weighted by Crippen LogP contribution is -2.63. The summed E-state index contributed by atoms with van der Waals surface area (Å²) in [4.78, 5) is 0. The highest BCUT2D eigenvalue weighted by molar-refractivity contribution is 5.00. The molecule has 0 aromatic rings. The molecule has 0 amide bonds. The van der Waals surface area contributed by atoms with Crippen molar-refractivity contribution in [3.05, 3.63) is 0 Å². The van der Waals surface area contributed by atoms with Crippen LogP contribution in [0.1, 0.15) is 52.4 Å². The highest BCUT2D eigenvalue weighted by Crippen LogP contribution is 2.34. The van der Waals surface area contributed by atoms with Crippen LogP contribution in [-0.2, 0) is 4.74 Å². The van der Waals surface area contributed by atoms with Crippen LogP contribution in [0.15, 0.2) is 0 Å². The molecular formula is C15H30N2O2. The summed E-state index contributed by atoms with van der Waals surface area (Å²) in [5.74, 6) is 0.392. The van der Waals surface area contributed by atoms with Crippen LogP contribution in [0, 0.1) is 5.92 Å². The molecule has 1 saturated heterocycles. The molecule has 4 nitrogen and oxygen atoms in total. The van der Waals surface area contributed by atoms with Gasteiger partial charge in [-0.2, -0.15) is 0 Å². The first kappa shape index (κ1) is 15.2. The number of nitrogens with two attached hydrogens (primary N) is 1. The summed E-state index contributed by atoms with van der Waals surface area (Å²) in [6.07, 6.45) is 6.72. The predicted molar refractivity (Wildman–Crippen MR) is 77.0 cm³/mol. The number of rotatable bonds is 4. The third-order valence-electron chi connectivity index (χ3n) is 4.86. The Morgan fingerprint density at radius 3 is 2.68 bits per heavy atom. The molecule has 1 saturated carbocycles. The number of aliphatic hydroxyl groups excluding tert-OH is 1. The second-order valence-electron chi connectivity index (χ2n) is 7.00. The van der Waals surface area contributed by atoms with E-state index < -0.39 is 0 Å². The topological polar surface area (TPSA) is 67.5 Å². The summed E-state index contributed by atoms with van der Waals surface area (Å²) in [7, 11) is 0. The van der Waals surface area contributed by atoms with E-state index in [9.17, 15) is 5.11 Å². The van der Waals surface area contributed by atoms with E-state index >= 15 is 0 Å². The zero-order valence-corrected chi connectivity index (χ0v) is 12.5. The van der Waals surface area contributed by atoms with E-state index in [1.165, 1.54) is 12.8 Å². The van der Waals surface area contributed by atoms with E-state index in [-0.39, 0.29) is 17.7 Å². The minimum atomic E-state index is -0.103. The Hall–Kier alpha value is -0.160. The average molecular weight is 270 g/mol. The Kier molecular flexibility index (Phi) is 4.88. The van der Waals surface area contributed by atoms with Crippen LogP contribution in [0.25, 0.3) is 0 Å². The molecule has 1 heterocycles. The van der Waals surface area contributed by atoms with Gasteiger partial charge in [0.15, 0.2) is 0 Å². The van der Waals surface area contributed by atoms with Gasteiger partial charge in [-0.05, 0) is 45.4 Å². The van der Waals surface area contributed by atoms with E-state index in [1.807, 2.05) is 0 Å². The van der Waals surface area contributed by atoms with E-state index in [4.69, 9.17) is 10.5 Å². The third kappa shape index (κ3) is 3.69. The number of ether oxygens (including phenoxy) is 1. The largest absolute Gasteiger partial charge is 0.396 e. The molecular weight excluding hydrogens is 240 g/mol. The zero-order chi connectivity index (χ0) is 13.9. The number of hydrogen-bond acceptors (Lipinski definition) is 4. The molecule has 2 rings (SSSR count). The molecule has 0 spiro atoms. The normalized spacial score (nSPS) is 39.2. The van der Waals surface area contributed by atoms with Crippen molar-refractivity contribution in [3.8, 4) is 0 Å². The van der Waals surface area contributed by atoms with Crippen LogP contribution in [0.5, 0.6) is 0 Å². The Balaban J connectivity index is 2.04. The van der Waals surface area contributed by atoms with Crippen molar-refractivity contribution in [1.29, 1.82) is 0 Å². The molecule has 4 N–H and O–H groups in total. The quantitative estimate of drug-likeness (QED) is 0.722. The predicted octanol–water partition coefficient (Wildman–Crippen LogP) is 1.41. The number of aliphatic hydroxyl groups is 1. The van der Waals surface area contributed by atoms with Gasteiger partial charge < -0.3 is 20.9 Å². The van der Waals surface area contributed by atoms with Crippen LogP contribution >= 0.6 is 0 Å². The SMILES string of the molecule is CC1(C)CC(CN)(NC2CCCCC2CO)CCO1. The summed E-state index contributed by atoms with van der Waals surface area (Å²) >= 11 is 0. The van der Waals surface area contributed by atoms with Crippen molar-refractivity contribution in [3.63, 3.8) is 0 Å². The maximum Gasteiger partial charge on any atom is 0.0644 e. The van der Waals surface area contributed by atoms with E-state index in [0.29, 0.717) is 18.5 Å². The van der Waals surface area contributed by atoms with Gasteiger partial charge in [0.25, 0.3) is 0 Å². The lowest BCUT2D eigenvalue weighted by molar-refractivity contribution is -0.0903. The third-order valence-corrected chi connectivity index (χ3v) is 4.86. The smallest absolute Gasteiger partial charge is 0.0644 e. The Labute approximate surface area is 117 Å². The summed E-state index contributed by atoms with van der Waals surface area (Å²) < 4.78 is 5.82. The average Bonchev–Trinajstić information content (AvgIpc) is 2.38. The second-order valence-corrected chi connectivity index (χ2v) is 7.00. The van der Waals surface area contributed by atoms with E-state index in [2.05, 4.69) is 19.2 Å². The van der Waals surface area contributed by atoms with Gasteiger partial charge in [0.1, 0.15) is 0 Å². The van der Waals surface area contributed by atoms with Crippen LogP contribution in [0.2, 0.25) is 0 Å².